The summed E-state index contributed by atoms with van der Waals surface area (Å²) in [6.07, 6.45) is 3.41. The second-order valence-electron chi connectivity index (χ2n) is 14.0. The Morgan fingerprint density at radius 2 is 1.13 bits per heavy atom. The molecule has 7 aromatic rings. The van der Waals surface area contributed by atoms with E-state index in [0.717, 1.165) is 48.0 Å². The molecule has 17 heteroatoms. The van der Waals surface area contributed by atoms with E-state index in [1.54, 1.807) is 48.5 Å². The number of rotatable bonds is 15. The Kier molecular flexibility index (Phi) is 14.3. The third-order valence-electron chi connectivity index (χ3n) is 9.28. The summed E-state index contributed by atoms with van der Waals surface area (Å²) in [7, 11) is -4.13. The van der Waals surface area contributed by atoms with Gasteiger partial charge in [-0.05, 0) is 103 Å². The van der Waals surface area contributed by atoms with Crippen molar-refractivity contribution < 1.29 is 37.7 Å². The third-order valence-corrected chi connectivity index (χ3v) is 11.9. The Labute approximate surface area is 371 Å². The maximum atomic E-state index is 13.3. The molecule has 318 valence electrons. The number of aliphatic carboxylic acids is 2. The molecule has 61 heavy (non-hydrogen) atoms. The molecule has 0 saturated carbocycles. The highest BCUT2D eigenvalue weighted by molar-refractivity contribution is 7.92. The molecule has 2 heterocycles. The van der Waals surface area contributed by atoms with Gasteiger partial charge in [-0.25, -0.2) is 8.42 Å². The summed E-state index contributed by atoms with van der Waals surface area (Å²) in [5, 5.41) is 20.2. The number of hydrogen-bond acceptors (Lipinski definition) is 7. The number of aromatic nitrogens is 2. The summed E-state index contributed by atoms with van der Waals surface area (Å²) in [5.41, 5.74) is 11.9. The molecular weight excluding hydrogens is 886 g/mol. The number of hydrogen-bond donors (Lipinski definition) is 6. The predicted molar refractivity (Wildman–Crippen MR) is 242 cm³/mol. The van der Waals surface area contributed by atoms with E-state index in [4.69, 9.17) is 71.8 Å². The number of nitrogen functional groups attached to an aromatic ring is 1. The molecule has 0 unspecified atom stereocenters. The van der Waals surface area contributed by atoms with Crippen LogP contribution >= 0.6 is 46.4 Å². The molecule has 0 atom stereocenters. The molecule has 0 aliphatic rings. The van der Waals surface area contributed by atoms with E-state index in [1.807, 2.05) is 25.1 Å². The number of carboxylic acids is 2. The maximum absolute atomic E-state index is 13.3. The van der Waals surface area contributed by atoms with Crippen LogP contribution < -0.4 is 19.9 Å². The van der Waals surface area contributed by atoms with E-state index in [0.29, 0.717) is 49.3 Å². The van der Waals surface area contributed by atoms with E-state index >= 15 is 0 Å². The molecule has 0 spiro atoms. The number of H-pyrrole nitrogens is 2. The Morgan fingerprint density at radius 3 is 1.64 bits per heavy atom. The molecule has 7 rings (SSSR count). The summed E-state index contributed by atoms with van der Waals surface area (Å²) in [6.45, 7) is 4.17. The number of nitrogens with one attached hydrogen (secondary N) is 3. The van der Waals surface area contributed by atoms with Crippen LogP contribution in [0.5, 0.6) is 23.0 Å². The minimum atomic E-state index is -4.13. The Morgan fingerprint density at radius 1 is 0.639 bits per heavy atom. The van der Waals surface area contributed by atoms with Gasteiger partial charge < -0.3 is 35.4 Å². The second-order valence-corrected chi connectivity index (χ2v) is 17.3. The lowest BCUT2D eigenvalue weighted by atomic mass is 10.1. The number of nitrogens with two attached hydrogens (primary N) is 1. The largest absolute Gasteiger partial charge is 0.481 e. The number of halogens is 4. The first kappa shape index (κ1) is 45.0. The van der Waals surface area contributed by atoms with Crippen LogP contribution in [0.15, 0.2) is 95.9 Å². The molecule has 0 fully saturated rings. The predicted octanol–water partition coefficient (Wildman–Crippen LogP) is 12.1. The van der Waals surface area contributed by atoms with Crippen molar-refractivity contribution in [3.63, 3.8) is 0 Å². The molecule has 0 amide bonds. The van der Waals surface area contributed by atoms with Gasteiger partial charge >= 0.3 is 11.9 Å². The quantitative estimate of drug-likeness (QED) is 0.0542. The fraction of sp³-hybridized carbons (Fsp3) is 0.182. The van der Waals surface area contributed by atoms with Crippen molar-refractivity contribution in [3.05, 3.63) is 134 Å². The lowest BCUT2D eigenvalue weighted by Crippen LogP contribution is -2.14. The zero-order chi connectivity index (χ0) is 44.0. The highest BCUT2D eigenvalue weighted by Gasteiger charge is 2.23. The van der Waals surface area contributed by atoms with Crippen molar-refractivity contribution in [2.45, 2.75) is 57.3 Å². The third kappa shape index (κ3) is 11.0. The van der Waals surface area contributed by atoms with Gasteiger partial charge in [-0.3, -0.25) is 14.3 Å². The van der Waals surface area contributed by atoms with Gasteiger partial charge in [-0.2, -0.15) is 0 Å². The fourth-order valence-corrected chi connectivity index (χ4v) is 8.88. The number of benzene rings is 5. The first-order chi connectivity index (χ1) is 29.0. The first-order valence-electron chi connectivity index (χ1n) is 18.9. The number of carbonyl (C=O) groups is 2. The van der Waals surface area contributed by atoms with E-state index in [9.17, 15) is 18.0 Å². The smallest absolute Gasteiger partial charge is 0.307 e. The number of anilines is 2. The highest BCUT2D eigenvalue weighted by Crippen LogP contribution is 2.41. The van der Waals surface area contributed by atoms with Gasteiger partial charge in [0.15, 0.2) is 11.5 Å². The minimum absolute atomic E-state index is 0.0255. The zero-order valence-corrected chi connectivity index (χ0v) is 36.6. The van der Waals surface area contributed by atoms with Gasteiger partial charge in [0.05, 0.1) is 33.6 Å². The Bertz CT molecular complexity index is 2880. The maximum Gasteiger partial charge on any atom is 0.307 e. The summed E-state index contributed by atoms with van der Waals surface area (Å²) >= 11 is 24.7. The van der Waals surface area contributed by atoms with Crippen molar-refractivity contribution in [1.29, 1.82) is 0 Å². The van der Waals surface area contributed by atoms with E-state index in [-0.39, 0.29) is 45.0 Å². The van der Waals surface area contributed by atoms with Crippen LogP contribution in [0.1, 0.15) is 49.2 Å². The minimum Gasteiger partial charge on any atom is -0.481 e. The second kappa shape index (κ2) is 19.4. The number of fused-ring (bicyclic) bond motifs is 2. The molecule has 2 aromatic heterocycles. The SMILES string of the molecule is CCCc1cc2c(N)c(Oc3ccc(CC(=O)O)cc3Cl)ccc2[nH]1.CCCc1cc2c(NS(=O)(=O)c3ccc(Cl)cc3Cl)c(Oc3ccc(CC(=O)O)cc3Cl)ccc2[nH]1. The lowest BCUT2D eigenvalue weighted by Gasteiger charge is -2.16. The average Bonchev–Trinajstić information content (AvgIpc) is 3.80. The summed E-state index contributed by atoms with van der Waals surface area (Å²) in [5.74, 6) is -0.507. The highest BCUT2D eigenvalue weighted by atomic mass is 35.5. The zero-order valence-electron chi connectivity index (χ0n) is 32.7. The van der Waals surface area contributed by atoms with Gasteiger partial charge in [-0.15, -0.1) is 0 Å². The number of sulfonamides is 1. The molecule has 0 aliphatic carbocycles. The Hall–Kier alpha value is -5.57. The summed E-state index contributed by atoms with van der Waals surface area (Å²) < 4.78 is 41.2. The van der Waals surface area contributed by atoms with E-state index in [1.165, 1.54) is 24.3 Å². The van der Waals surface area contributed by atoms with Crippen molar-refractivity contribution in [1.82, 2.24) is 9.97 Å². The Balaban J connectivity index is 0.000000218. The van der Waals surface area contributed by atoms with Crippen LogP contribution in [0.25, 0.3) is 21.8 Å². The van der Waals surface area contributed by atoms with Crippen molar-refractivity contribution >= 4 is 102 Å². The van der Waals surface area contributed by atoms with Crippen molar-refractivity contribution in [2.24, 2.45) is 0 Å². The molecule has 0 bridgehead atoms. The van der Waals surface area contributed by atoms with Crippen molar-refractivity contribution in [2.75, 3.05) is 10.5 Å². The molecule has 7 N–H and O–H groups in total. The normalized spacial score (nSPS) is 11.3. The molecule has 12 nitrogen and oxygen atoms in total. The summed E-state index contributed by atoms with van der Waals surface area (Å²) in [6, 6.07) is 24.7. The molecule has 0 aliphatic heterocycles. The van der Waals surface area contributed by atoms with Crippen LogP contribution in [0.3, 0.4) is 0 Å². The van der Waals surface area contributed by atoms with Crippen LogP contribution in [-0.4, -0.2) is 40.5 Å². The van der Waals surface area contributed by atoms with Crippen molar-refractivity contribution in [3.8, 4) is 23.0 Å². The summed E-state index contributed by atoms with van der Waals surface area (Å²) in [4.78, 5) is 28.3. The number of ether oxygens (including phenoxy) is 2. The van der Waals surface area contributed by atoms with Gasteiger partial charge in [0.1, 0.15) is 22.1 Å². The van der Waals surface area contributed by atoms with Gasteiger partial charge in [0.25, 0.3) is 10.0 Å². The van der Waals surface area contributed by atoms with Gasteiger partial charge in [-0.1, -0.05) is 85.2 Å². The molecular formula is C44H40Cl4N4O8S. The topological polar surface area (TPSA) is 197 Å². The van der Waals surface area contributed by atoms with Crippen LogP contribution in [-0.2, 0) is 45.3 Å². The van der Waals surface area contributed by atoms with Gasteiger partial charge in [0.2, 0.25) is 0 Å². The lowest BCUT2D eigenvalue weighted by molar-refractivity contribution is -0.137. The molecule has 0 saturated heterocycles. The van der Waals surface area contributed by atoms with Gasteiger partial charge in [0, 0.05) is 38.2 Å². The standard InChI is InChI=1S/C25H21Cl3N2O5S.C19H19ClN2O3/c1-2-3-16-13-17-20(29-16)6-8-22(35-21-7-4-14(10-18(21)27)11-24(31)32)25(17)30-36(33,34)23-9-5-15(26)12-19(23)28;1-2-3-12-10-13-15(22-12)5-7-17(19(13)21)25-16-6-4-11(8-14(16)20)9-18(23)24/h4-10,12-13,29-30H,2-3,11H2,1H3,(H,31,32);4-8,10,22H,2-3,9,21H2,1H3,(H,23,24). The average molecular weight is 927 g/mol. The molecule has 5 aromatic carbocycles. The fourth-order valence-electron chi connectivity index (χ4n) is 6.54. The van der Waals surface area contributed by atoms with E-state index in [2.05, 4.69) is 21.6 Å². The van der Waals surface area contributed by atoms with Crippen LogP contribution in [0.4, 0.5) is 11.4 Å². The number of aromatic amines is 2. The number of carboxylic acid groups (broad SMARTS) is 2. The monoisotopic (exact) mass is 924 g/mol. The van der Waals surface area contributed by atoms with Crippen LogP contribution in [0.2, 0.25) is 20.1 Å². The molecule has 0 radical (unpaired) electrons. The van der Waals surface area contributed by atoms with E-state index < -0.39 is 22.0 Å². The first-order valence-corrected chi connectivity index (χ1v) is 21.9. The number of aryl methyl sites for hydroxylation is 2. The van der Waals surface area contributed by atoms with Crippen LogP contribution in [0, 0.1) is 0 Å².